The summed E-state index contributed by atoms with van der Waals surface area (Å²) in [5, 5.41) is 10.8. The monoisotopic (exact) mass is 252 g/mol. The van der Waals surface area contributed by atoms with Gasteiger partial charge in [-0.2, -0.15) is 0 Å². The first-order valence-electron chi connectivity index (χ1n) is 5.98. The van der Waals surface area contributed by atoms with E-state index in [0.717, 1.165) is 13.1 Å². The molecule has 0 amide bonds. The summed E-state index contributed by atoms with van der Waals surface area (Å²) in [7, 11) is 0. The molecular formula is C11H16N4O3. The first-order valence-corrected chi connectivity index (χ1v) is 5.98. The van der Waals surface area contributed by atoms with Gasteiger partial charge in [0.1, 0.15) is 18.5 Å². The zero-order valence-electron chi connectivity index (χ0n) is 10.3. The van der Waals surface area contributed by atoms with Gasteiger partial charge in [-0.15, -0.1) is 0 Å². The molecule has 0 unspecified atom stereocenters. The molecule has 1 aliphatic rings. The second-order valence-corrected chi connectivity index (χ2v) is 4.45. The fourth-order valence-corrected chi connectivity index (χ4v) is 2.15. The minimum atomic E-state index is -0.417. The molecule has 98 valence electrons. The average Bonchev–Trinajstić information content (AvgIpc) is 2.70. The van der Waals surface area contributed by atoms with Gasteiger partial charge < -0.3 is 10.1 Å². The number of nitrogens with zero attached hydrogens (tertiary/aromatic N) is 4. The van der Waals surface area contributed by atoms with Gasteiger partial charge in [0, 0.05) is 39.4 Å². The van der Waals surface area contributed by atoms with Gasteiger partial charge in [0.15, 0.2) is 5.82 Å². The Hall–Kier alpha value is -1.76. The number of Topliss-reactive ketones (excluding diaryl/α,β-unsaturated/α-hetero) is 1. The van der Waals surface area contributed by atoms with Crippen molar-refractivity contribution >= 4 is 11.6 Å². The number of ketones is 1. The summed E-state index contributed by atoms with van der Waals surface area (Å²) in [4.78, 5) is 27.6. The molecule has 1 fully saturated rings. The number of rotatable bonds is 4. The van der Waals surface area contributed by atoms with Crippen LogP contribution in [0.4, 0.5) is 5.82 Å². The first kappa shape index (κ1) is 12.7. The Morgan fingerprint density at radius 2 is 2.06 bits per heavy atom. The van der Waals surface area contributed by atoms with Gasteiger partial charge in [-0.3, -0.25) is 9.69 Å². The highest BCUT2D eigenvalue weighted by molar-refractivity contribution is 5.79. The smallest absolute Gasteiger partial charge is 0.342 e. The van der Waals surface area contributed by atoms with E-state index in [-0.39, 0.29) is 5.82 Å². The third-order valence-corrected chi connectivity index (χ3v) is 3.27. The predicted octanol–water partition coefficient (Wildman–Crippen LogP) is 0.765. The third-order valence-electron chi connectivity index (χ3n) is 3.27. The van der Waals surface area contributed by atoms with Gasteiger partial charge in [-0.25, -0.2) is 9.55 Å². The normalized spacial score (nSPS) is 17.1. The summed E-state index contributed by atoms with van der Waals surface area (Å²) in [5.41, 5.74) is 0. The highest BCUT2D eigenvalue weighted by Gasteiger charge is 2.20. The molecule has 0 spiro atoms. The summed E-state index contributed by atoms with van der Waals surface area (Å²) in [6.45, 7) is 4.51. The van der Waals surface area contributed by atoms with Crippen LogP contribution >= 0.6 is 0 Å². The molecule has 7 nitrogen and oxygen atoms in total. The molecule has 1 aromatic rings. The van der Waals surface area contributed by atoms with Gasteiger partial charge in [-0.05, 0) is 4.92 Å². The summed E-state index contributed by atoms with van der Waals surface area (Å²) >= 11 is 0. The second-order valence-electron chi connectivity index (χ2n) is 4.45. The molecule has 7 heteroatoms. The van der Waals surface area contributed by atoms with Gasteiger partial charge in [-0.1, -0.05) is 0 Å². The predicted molar refractivity (Wildman–Crippen MR) is 64.3 cm³/mol. The van der Waals surface area contributed by atoms with E-state index in [0.29, 0.717) is 37.5 Å². The van der Waals surface area contributed by atoms with E-state index in [2.05, 4.69) is 9.88 Å². The fraction of sp³-hybridized carbons (Fsp3) is 0.636. The molecule has 0 atom stereocenters. The van der Waals surface area contributed by atoms with Crippen LogP contribution in [0.2, 0.25) is 0 Å². The van der Waals surface area contributed by atoms with Crippen molar-refractivity contribution < 1.29 is 9.72 Å². The number of imidazole rings is 1. The molecule has 0 saturated carbocycles. The quantitative estimate of drug-likeness (QED) is 0.584. The number of aromatic nitrogens is 2. The molecular weight excluding hydrogens is 236 g/mol. The first-order chi connectivity index (χ1) is 8.58. The number of piperidine rings is 1. The third kappa shape index (κ3) is 2.73. The van der Waals surface area contributed by atoms with E-state index in [1.165, 1.54) is 6.20 Å². The zero-order chi connectivity index (χ0) is 13.1. The van der Waals surface area contributed by atoms with Gasteiger partial charge in [0.25, 0.3) is 0 Å². The number of likely N-dealkylation sites (tertiary alicyclic amines) is 1. The lowest BCUT2D eigenvalue weighted by atomic mass is 10.1. The maximum Gasteiger partial charge on any atom is 0.342 e. The molecule has 2 rings (SSSR count). The van der Waals surface area contributed by atoms with Crippen LogP contribution in [-0.4, -0.2) is 44.8 Å². The van der Waals surface area contributed by atoms with Crippen molar-refractivity contribution in [2.45, 2.75) is 26.3 Å². The molecule has 0 radical (unpaired) electrons. The molecule has 1 aliphatic heterocycles. The zero-order valence-corrected chi connectivity index (χ0v) is 10.3. The number of nitro groups is 1. The average molecular weight is 252 g/mol. The maximum atomic E-state index is 11.1. The number of carbonyl (C=O) groups is 1. The van der Waals surface area contributed by atoms with Crippen LogP contribution in [0.5, 0.6) is 0 Å². The molecule has 18 heavy (non-hydrogen) atoms. The lowest BCUT2D eigenvalue weighted by Gasteiger charge is -2.24. The Kier molecular flexibility index (Phi) is 3.71. The maximum absolute atomic E-state index is 11.1. The van der Waals surface area contributed by atoms with Gasteiger partial charge in [0.2, 0.25) is 0 Å². The Morgan fingerprint density at radius 3 is 2.67 bits per heavy atom. The van der Waals surface area contributed by atoms with Crippen molar-refractivity contribution in [3.63, 3.8) is 0 Å². The van der Waals surface area contributed by atoms with Crippen LogP contribution in [0, 0.1) is 17.0 Å². The molecule has 0 bridgehead atoms. The van der Waals surface area contributed by atoms with Crippen LogP contribution in [-0.2, 0) is 11.3 Å². The fourth-order valence-electron chi connectivity index (χ4n) is 2.15. The van der Waals surface area contributed by atoms with E-state index >= 15 is 0 Å². The van der Waals surface area contributed by atoms with Crippen LogP contribution in [0.1, 0.15) is 18.7 Å². The molecule has 1 aromatic heterocycles. The lowest BCUT2D eigenvalue weighted by Crippen LogP contribution is -2.36. The highest BCUT2D eigenvalue weighted by atomic mass is 16.6. The van der Waals surface area contributed by atoms with Crippen LogP contribution < -0.4 is 0 Å². The minimum Gasteiger partial charge on any atom is -0.358 e. The number of carbonyl (C=O) groups excluding carboxylic acids is 1. The van der Waals surface area contributed by atoms with E-state index in [4.69, 9.17) is 0 Å². The summed E-state index contributed by atoms with van der Waals surface area (Å²) < 4.78 is 1.61. The summed E-state index contributed by atoms with van der Waals surface area (Å²) in [6, 6.07) is 0. The Labute approximate surface area is 105 Å². The summed E-state index contributed by atoms with van der Waals surface area (Å²) in [6.07, 6.45) is 2.46. The summed E-state index contributed by atoms with van der Waals surface area (Å²) in [5.74, 6) is 0.978. The topological polar surface area (TPSA) is 81.3 Å². The SMILES string of the molecule is Cc1ncc([N+](=O)[O-])n1CCN1CCC(=O)CC1. The van der Waals surface area contributed by atoms with Crippen molar-refractivity contribution in [3.05, 3.63) is 22.1 Å². The minimum absolute atomic E-state index is 0.0283. The van der Waals surface area contributed by atoms with Crippen LogP contribution in [0.25, 0.3) is 0 Å². The molecule has 0 aliphatic carbocycles. The Balaban J connectivity index is 1.96. The second kappa shape index (κ2) is 5.26. The lowest BCUT2D eigenvalue weighted by molar-refractivity contribution is -0.392. The van der Waals surface area contributed by atoms with Gasteiger partial charge >= 0.3 is 5.82 Å². The number of hydrogen-bond acceptors (Lipinski definition) is 5. The number of hydrogen-bond donors (Lipinski definition) is 0. The molecule has 1 saturated heterocycles. The molecule has 0 N–H and O–H groups in total. The highest BCUT2D eigenvalue weighted by Crippen LogP contribution is 2.14. The van der Waals surface area contributed by atoms with Crippen molar-refractivity contribution in [2.75, 3.05) is 19.6 Å². The van der Waals surface area contributed by atoms with E-state index in [1.807, 2.05) is 0 Å². The molecule has 0 aromatic carbocycles. The standard InChI is InChI=1S/C11H16N4O3/c1-9-12-8-11(15(17)18)14(9)7-6-13-4-2-10(16)3-5-13/h8H,2-7H2,1H3. The Morgan fingerprint density at radius 1 is 1.39 bits per heavy atom. The van der Waals surface area contributed by atoms with Crippen LogP contribution in [0.3, 0.4) is 0 Å². The Bertz CT molecular complexity index is 459. The van der Waals surface area contributed by atoms with Crippen molar-refractivity contribution in [3.8, 4) is 0 Å². The van der Waals surface area contributed by atoms with E-state index in [1.54, 1.807) is 11.5 Å². The van der Waals surface area contributed by atoms with Crippen molar-refractivity contribution in [1.29, 1.82) is 0 Å². The van der Waals surface area contributed by atoms with E-state index in [9.17, 15) is 14.9 Å². The van der Waals surface area contributed by atoms with E-state index < -0.39 is 4.92 Å². The van der Waals surface area contributed by atoms with Gasteiger partial charge in [0.05, 0.1) is 0 Å². The largest absolute Gasteiger partial charge is 0.358 e. The molecule has 2 heterocycles. The van der Waals surface area contributed by atoms with Crippen molar-refractivity contribution in [1.82, 2.24) is 14.5 Å². The van der Waals surface area contributed by atoms with Crippen molar-refractivity contribution in [2.24, 2.45) is 0 Å². The van der Waals surface area contributed by atoms with Crippen LogP contribution in [0.15, 0.2) is 6.20 Å². The number of aryl methyl sites for hydroxylation is 1.